The Morgan fingerprint density at radius 3 is 2.50 bits per heavy atom. The van der Waals surface area contributed by atoms with E-state index in [1.807, 2.05) is 13.8 Å². The SMILES string of the molecule is CC(C)CCN(C)C(=O)c1cc(F)cc([N+](=O)[O-])c1F. The first-order valence-corrected chi connectivity index (χ1v) is 6.13. The molecule has 0 aliphatic rings. The summed E-state index contributed by atoms with van der Waals surface area (Å²) in [5.41, 5.74) is -1.66. The highest BCUT2D eigenvalue weighted by molar-refractivity contribution is 5.95. The van der Waals surface area contributed by atoms with E-state index in [4.69, 9.17) is 0 Å². The van der Waals surface area contributed by atoms with Crippen LogP contribution in [0.5, 0.6) is 0 Å². The fourth-order valence-corrected chi connectivity index (χ4v) is 1.62. The first kappa shape index (κ1) is 16.0. The zero-order valence-corrected chi connectivity index (χ0v) is 11.5. The van der Waals surface area contributed by atoms with E-state index in [1.165, 1.54) is 11.9 Å². The van der Waals surface area contributed by atoms with Crippen molar-refractivity contribution in [1.82, 2.24) is 4.90 Å². The number of hydrogen-bond donors (Lipinski definition) is 0. The molecule has 0 unspecified atom stereocenters. The Morgan fingerprint density at radius 2 is 2.00 bits per heavy atom. The van der Waals surface area contributed by atoms with E-state index < -0.39 is 33.7 Å². The standard InChI is InChI=1S/C13H16F2N2O3/c1-8(2)4-5-16(3)13(18)10-6-9(14)7-11(12(10)15)17(19)20/h6-8H,4-5H2,1-3H3. The van der Waals surface area contributed by atoms with Gasteiger partial charge in [-0.25, -0.2) is 4.39 Å². The first-order valence-electron chi connectivity index (χ1n) is 6.13. The van der Waals surface area contributed by atoms with Gasteiger partial charge >= 0.3 is 5.69 Å². The number of carbonyl (C=O) groups is 1. The van der Waals surface area contributed by atoms with E-state index in [1.54, 1.807) is 0 Å². The Hall–Kier alpha value is -2.05. The van der Waals surface area contributed by atoms with Gasteiger partial charge in [0.05, 0.1) is 16.6 Å². The van der Waals surface area contributed by atoms with Gasteiger partial charge in [0.2, 0.25) is 5.82 Å². The molecule has 7 heteroatoms. The summed E-state index contributed by atoms with van der Waals surface area (Å²) in [7, 11) is 1.45. The van der Waals surface area contributed by atoms with E-state index in [0.29, 0.717) is 31.0 Å². The molecule has 1 amide bonds. The molecule has 0 heterocycles. The average molecular weight is 286 g/mol. The molecule has 0 spiro atoms. The van der Waals surface area contributed by atoms with Gasteiger partial charge in [-0.1, -0.05) is 13.8 Å². The fraction of sp³-hybridized carbons (Fsp3) is 0.462. The number of nitrogens with zero attached hydrogens (tertiary/aromatic N) is 2. The maximum Gasteiger partial charge on any atom is 0.308 e. The lowest BCUT2D eigenvalue weighted by Gasteiger charge is -2.18. The molecule has 0 aliphatic heterocycles. The molecule has 1 rings (SSSR count). The normalized spacial score (nSPS) is 10.7. The molecule has 1 aromatic carbocycles. The molecule has 110 valence electrons. The van der Waals surface area contributed by atoms with Gasteiger partial charge in [0.1, 0.15) is 5.82 Å². The molecule has 0 aromatic heterocycles. The molecule has 0 atom stereocenters. The average Bonchev–Trinajstić information content (AvgIpc) is 2.36. The predicted octanol–water partition coefficient (Wildman–Crippen LogP) is 2.99. The van der Waals surface area contributed by atoms with Crippen LogP contribution in [-0.4, -0.2) is 29.3 Å². The number of hydrogen-bond acceptors (Lipinski definition) is 3. The molecule has 0 aliphatic carbocycles. The largest absolute Gasteiger partial charge is 0.342 e. The third kappa shape index (κ3) is 3.72. The number of halogens is 2. The van der Waals surface area contributed by atoms with Crippen LogP contribution in [0.25, 0.3) is 0 Å². The fourth-order valence-electron chi connectivity index (χ4n) is 1.62. The summed E-state index contributed by atoms with van der Waals surface area (Å²) in [4.78, 5) is 22.8. The van der Waals surface area contributed by atoms with Crippen LogP contribution in [0, 0.1) is 27.7 Å². The molecule has 0 fully saturated rings. The third-order valence-electron chi connectivity index (χ3n) is 2.83. The van der Waals surface area contributed by atoms with Gasteiger partial charge in [-0.15, -0.1) is 0 Å². The van der Waals surface area contributed by atoms with E-state index in [9.17, 15) is 23.7 Å². The summed E-state index contributed by atoms with van der Waals surface area (Å²) in [6.45, 7) is 4.29. The minimum Gasteiger partial charge on any atom is -0.342 e. The van der Waals surface area contributed by atoms with Crippen molar-refractivity contribution < 1.29 is 18.5 Å². The van der Waals surface area contributed by atoms with Crippen LogP contribution in [-0.2, 0) is 0 Å². The lowest BCUT2D eigenvalue weighted by Crippen LogP contribution is -2.29. The van der Waals surface area contributed by atoms with Crippen molar-refractivity contribution >= 4 is 11.6 Å². The zero-order chi connectivity index (χ0) is 15.4. The minimum absolute atomic E-state index is 0.344. The summed E-state index contributed by atoms with van der Waals surface area (Å²) in [5.74, 6) is -2.75. The van der Waals surface area contributed by atoms with Gasteiger partial charge < -0.3 is 4.90 Å². The molecule has 1 aromatic rings. The maximum atomic E-state index is 13.9. The number of nitro benzene ring substituents is 1. The second-order valence-electron chi connectivity index (χ2n) is 4.95. The predicted molar refractivity (Wildman–Crippen MR) is 69.4 cm³/mol. The second-order valence-corrected chi connectivity index (χ2v) is 4.95. The lowest BCUT2D eigenvalue weighted by atomic mass is 10.1. The minimum atomic E-state index is -1.31. The maximum absolute atomic E-state index is 13.9. The third-order valence-corrected chi connectivity index (χ3v) is 2.83. The van der Waals surface area contributed by atoms with Crippen molar-refractivity contribution in [2.45, 2.75) is 20.3 Å². The van der Waals surface area contributed by atoms with Gasteiger partial charge in [-0.3, -0.25) is 14.9 Å². The van der Waals surface area contributed by atoms with Crippen molar-refractivity contribution in [1.29, 1.82) is 0 Å². The Morgan fingerprint density at radius 1 is 1.40 bits per heavy atom. The summed E-state index contributed by atoms with van der Waals surface area (Å²) >= 11 is 0. The van der Waals surface area contributed by atoms with Crippen LogP contribution in [0.4, 0.5) is 14.5 Å². The molecule has 0 N–H and O–H groups in total. The van der Waals surface area contributed by atoms with Crippen LogP contribution in [0.3, 0.4) is 0 Å². The topological polar surface area (TPSA) is 63.5 Å². The molecule has 0 saturated carbocycles. The highest BCUT2D eigenvalue weighted by Gasteiger charge is 2.25. The van der Waals surface area contributed by atoms with Crippen LogP contribution in [0.15, 0.2) is 12.1 Å². The van der Waals surface area contributed by atoms with Crippen molar-refractivity contribution in [3.05, 3.63) is 39.4 Å². The van der Waals surface area contributed by atoms with Crippen LogP contribution in [0.2, 0.25) is 0 Å². The van der Waals surface area contributed by atoms with Gasteiger partial charge in [-0.2, -0.15) is 4.39 Å². The lowest BCUT2D eigenvalue weighted by molar-refractivity contribution is -0.387. The quantitative estimate of drug-likeness (QED) is 0.617. The molecular formula is C13H16F2N2O3. The molecule has 20 heavy (non-hydrogen) atoms. The molecule has 0 saturated heterocycles. The smallest absolute Gasteiger partial charge is 0.308 e. The second kappa shape index (κ2) is 6.40. The summed E-state index contributed by atoms with van der Waals surface area (Å²) < 4.78 is 27.1. The van der Waals surface area contributed by atoms with E-state index in [-0.39, 0.29) is 0 Å². The highest BCUT2D eigenvalue weighted by Crippen LogP contribution is 2.23. The van der Waals surface area contributed by atoms with Gasteiger partial charge in [0.25, 0.3) is 5.91 Å². The number of nitro groups is 1. The number of amides is 1. The highest BCUT2D eigenvalue weighted by atomic mass is 19.1. The van der Waals surface area contributed by atoms with E-state index in [0.717, 1.165) is 0 Å². The van der Waals surface area contributed by atoms with E-state index in [2.05, 4.69) is 0 Å². The Labute approximate surface area is 115 Å². The number of benzene rings is 1. The summed E-state index contributed by atoms with van der Waals surface area (Å²) in [6.07, 6.45) is 0.696. The number of rotatable bonds is 5. The van der Waals surface area contributed by atoms with Crippen molar-refractivity contribution in [2.75, 3.05) is 13.6 Å². The Bertz CT molecular complexity index is 533. The first-order chi connectivity index (χ1) is 9.23. The van der Waals surface area contributed by atoms with Gasteiger partial charge in [0, 0.05) is 13.6 Å². The molecule has 0 bridgehead atoms. The van der Waals surface area contributed by atoms with Gasteiger partial charge in [0.15, 0.2) is 0 Å². The molecular weight excluding hydrogens is 270 g/mol. The Kier molecular flexibility index (Phi) is 5.12. The van der Waals surface area contributed by atoms with Gasteiger partial charge in [-0.05, 0) is 18.4 Å². The molecule has 5 nitrogen and oxygen atoms in total. The van der Waals surface area contributed by atoms with Crippen molar-refractivity contribution in [2.24, 2.45) is 5.92 Å². The molecule has 0 radical (unpaired) electrons. The monoisotopic (exact) mass is 286 g/mol. The van der Waals surface area contributed by atoms with Crippen LogP contribution < -0.4 is 0 Å². The summed E-state index contributed by atoms with van der Waals surface area (Å²) in [6, 6.07) is 1.14. The van der Waals surface area contributed by atoms with E-state index >= 15 is 0 Å². The van der Waals surface area contributed by atoms with Crippen LogP contribution in [0.1, 0.15) is 30.6 Å². The zero-order valence-electron chi connectivity index (χ0n) is 11.5. The van der Waals surface area contributed by atoms with Crippen molar-refractivity contribution in [3.63, 3.8) is 0 Å². The Balaban J connectivity index is 3.07. The summed E-state index contributed by atoms with van der Waals surface area (Å²) in [5, 5.41) is 10.6. The van der Waals surface area contributed by atoms with Crippen molar-refractivity contribution in [3.8, 4) is 0 Å². The van der Waals surface area contributed by atoms with Crippen LogP contribution >= 0.6 is 0 Å². The number of carbonyl (C=O) groups excluding carboxylic acids is 1.